The van der Waals surface area contributed by atoms with Crippen LogP contribution in [0.5, 0.6) is 5.75 Å². The fourth-order valence-corrected chi connectivity index (χ4v) is 2.91. The van der Waals surface area contributed by atoms with E-state index in [2.05, 4.69) is 15.6 Å². The molecule has 8 heteroatoms. The maximum atomic E-state index is 12.2. The van der Waals surface area contributed by atoms with Crippen LogP contribution in [0.15, 0.2) is 53.5 Å². The van der Waals surface area contributed by atoms with E-state index in [1.54, 1.807) is 7.11 Å². The van der Waals surface area contributed by atoms with Crippen LogP contribution in [0, 0.1) is 0 Å². The molecule has 2 amide bonds. The smallest absolute Gasteiger partial charge is 0.321 e. The molecule has 2 aromatic rings. The van der Waals surface area contributed by atoms with Crippen molar-refractivity contribution < 1.29 is 9.53 Å². The Morgan fingerprint density at radius 1 is 1.11 bits per heavy atom. The van der Waals surface area contributed by atoms with Crippen molar-refractivity contribution in [2.75, 3.05) is 30.8 Å². The molecule has 2 aromatic carbocycles. The number of guanidine groups is 1. The minimum absolute atomic E-state index is 0. The molecule has 0 aliphatic carbocycles. The van der Waals surface area contributed by atoms with Crippen LogP contribution >= 0.6 is 24.0 Å². The summed E-state index contributed by atoms with van der Waals surface area (Å²) in [6.45, 7) is 2.06. The molecular formula is C20H26IN5O2. The molecule has 150 valence electrons. The Bertz CT molecular complexity index is 804. The molecule has 0 saturated carbocycles. The van der Waals surface area contributed by atoms with Gasteiger partial charge in [-0.2, -0.15) is 0 Å². The van der Waals surface area contributed by atoms with Gasteiger partial charge >= 0.3 is 6.03 Å². The monoisotopic (exact) mass is 495 g/mol. The van der Waals surface area contributed by atoms with Crippen LogP contribution in [0.4, 0.5) is 16.2 Å². The van der Waals surface area contributed by atoms with Gasteiger partial charge in [-0.1, -0.05) is 12.1 Å². The van der Waals surface area contributed by atoms with Gasteiger partial charge in [0.05, 0.1) is 13.7 Å². The largest absolute Gasteiger partial charge is 0.497 e. The zero-order valence-electron chi connectivity index (χ0n) is 15.9. The fraction of sp³-hybridized carbons (Fsp3) is 0.300. The number of aliphatic imine (C=N–C) groups is 1. The molecule has 1 saturated heterocycles. The molecule has 28 heavy (non-hydrogen) atoms. The number of carbonyl (C=O) groups is 1. The highest BCUT2D eigenvalue weighted by Crippen LogP contribution is 2.16. The quantitative estimate of drug-likeness (QED) is 0.334. The summed E-state index contributed by atoms with van der Waals surface area (Å²) in [5.41, 5.74) is 8.53. The van der Waals surface area contributed by atoms with Crippen molar-refractivity contribution in [1.29, 1.82) is 0 Å². The van der Waals surface area contributed by atoms with Gasteiger partial charge in [0, 0.05) is 24.5 Å². The summed E-state index contributed by atoms with van der Waals surface area (Å²) in [5.74, 6) is 1.11. The second-order valence-corrected chi connectivity index (χ2v) is 6.38. The molecule has 0 radical (unpaired) electrons. The maximum Gasteiger partial charge on any atom is 0.321 e. The van der Waals surface area contributed by atoms with Gasteiger partial charge in [-0.15, -0.1) is 24.0 Å². The van der Waals surface area contributed by atoms with Gasteiger partial charge in [0.15, 0.2) is 5.96 Å². The number of hydrogen-bond acceptors (Lipinski definition) is 3. The lowest BCUT2D eigenvalue weighted by Gasteiger charge is -2.16. The summed E-state index contributed by atoms with van der Waals surface area (Å²) in [5, 5.41) is 5.99. The molecule has 1 aliphatic rings. The summed E-state index contributed by atoms with van der Waals surface area (Å²) in [7, 11) is 1.62. The number of halogens is 1. The van der Waals surface area contributed by atoms with Gasteiger partial charge < -0.3 is 26.0 Å². The van der Waals surface area contributed by atoms with Crippen molar-refractivity contribution >= 4 is 47.3 Å². The van der Waals surface area contributed by atoms with Gasteiger partial charge in [0.2, 0.25) is 0 Å². The Hall–Kier alpha value is -2.49. The van der Waals surface area contributed by atoms with E-state index in [1.807, 2.05) is 53.4 Å². The fourth-order valence-electron chi connectivity index (χ4n) is 2.91. The summed E-state index contributed by atoms with van der Waals surface area (Å²) in [4.78, 5) is 18.4. The highest BCUT2D eigenvalue weighted by Gasteiger charge is 2.17. The Morgan fingerprint density at radius 3 is 2.50 bits per heavy atom. The zero-order valence-corrected chi connectivity index (χ0v) is 18.2. The first kappa shape index (κ1) is 21.8. The number of methoxy groups -OCH3 is 1. The molecule has 0 atom stereocenters. The van der Waals surface area contributed by atoms with Crippen LogP contribution in [-0.4, -0.2) is 37.1 Å². The van der Waals surface area contributed by atoms with Crippen molar-refractivity contribution in [3.05, 3.63) is 54.1 Å². The van der Waals surface area contributed by atoms with Gasteiger partial charge in [0.1, 0.15) is 5.75 Å². The number of nitrogens with zero attached hydrogens (tertiary/aromatic N) is 2. The topological polar surface area (TPSA) is 92.0 Å². The highest BCUT2D eigenvalue weighted by molar-refractivity contribution is 14.0. The van der Waals surface area contributed by atoms with E-state index >= 15 is 0 Å². The van der Waals surface area contributed by atoms with Gasteiger partial charge in [-0.25, -0.2) is 9.79 Å². The number of ether oxygens (including phenoxy) is 1. The van der Waals surface area contributed by atoms with Crippen molar-refractivity contribution in [2.24, 2.45) is 10.7 Å². The number of urea groups is 1. The number of hydrogen-bond donors (Lipinski definition) is 3. The van der Waals surface area contributed by atoms with Crippen LogP contribution in [-0.2, 0) is 6.54 Å². The Morgan fingerprint density at radius 2 is 1.82 bits per heavy atom. The van der Waals surface area contributed by atoms with E-state index in [9.17, 15) is 4.79 Å². The molecule has 3 rings (SSSR count). The highest BCUT2D eigenvalue weighted by atomic mass is 127. The lowest BCUT2D eigenvalue weighted by molar-refractivity contribution is 0.222. The van der Waals surface area contributed by atoms with E-state index in [4.69, 9.17) is 10.5 Å². The Labute approximate surface area is 182 Å². The summed E-state index contributed by atoms with van der Waals surface area (Å²) < 4.78 is 5.13. The number of carbonyl (C=O) groups excluding carboxylic acids is 1. The SMILES string of the molecule is COc1ccc(NC(N)=NCc2cccc(NC(=O)N3CCCC3)c2)cc1.I. The third-order valence-electron chi connectivity index (χ3n) is 4.37. The Balaban J connectivity index is 0.00000280. The van der Waals surface area contributed by atoms with Crippen molar-refractivity contribution in [2.45, 2.75) is 19.4 Å². The average molecular weight is 495 g/mol. The predicted molar refractivity (Wildman–Crippen MR) is 124 cm³/mol. The van der Waals surface area contributed by atoms with Gasteiger partial charge in [-0.3, -0.25) is 0 Å². The standard InChI is InChI=1S/C20H25N5O2.HI/c1-27-18-9-7-16(8-10-18)23-19(21)22-14-15-5-4-6-17(13-15)24-20(26)25-11-2-3-12-25;/h4-10,13H,2-3,11-12,14H2,1H3,(H,24,26)(H3,21,22,23);1H. The lowest BCUT2D eigenvalue weighted by atomic mass is 10.2. The first-order chi connectivity index (χ1) is 13.1. The maximum absolute atomic E-state index is 12.2. The number of likely N-dealkylation sites (tertiary alicyclic amines) is 1. The van der Waals surface area contributed by atoms with E-state index in [1.165, 1.54) is 0 Å². The molecule has 0 aromatic heterocycles. The second kappa shape index (κ2) is 10.7. The molecule has 1 aliphatic heterocycles. The first-order valence-corrected chi connectivity index (χ1v) is 9.00. The molecule has 4 N–H and O–H groups in total. The van der Waals surface area contributed by atoms with Crippen molar-refractivity contribution in [3.8, 4) is 5.75 Å². The molecule has 0 bridgehead atoms. The minimum atomic E-state index is -0.0474. The molecule has 1 heterocycles. The van der Waals surface area contributed by atoms with Gasteiger partial charge in [0.25, 0.3) is 0 Å². The molecular weight excluding hydrogens is 469 g/mol. The number of rotatable bonds is 5. The number of anilines is 2. The molecule has 0 unspecified atom stereocenters. The Kier molecular flexibility index (Phi) is 8.37. The summed E-state index contributed by atoms with van der Waals surface area (Å²) >= 11 is 0. The van der Waals surface area contributed by atoms with E-state index in [-0.39, 0.29) is 30.0 Å². The molecule has 7 nitrogen and oxygen atoms in total. The van der Waals surface area contributed by atoms with Crippen LogP contribution in [0.1, 0.15) is 18.4 Å². The first-order valence-electron chi connectivity index (χ1n) is 9.00. The third kappa shape index (κ3) is 6.29. The van der Waals surface area contributed by atoms with E-state index < -0.39 is 0 Å². The molecule has 0 spiro atoms. The molecule has 1 fully saturated rings. The van der Waals surface area contributed by atoms with Crippen molar-refractivity contribution in [3.63, 3.8) is 0 Å². The minimum Gasteiger partial charge on any atom is -0.497 e. The number of benzene rings is 2. The van der Waals surface area contributed by atoms with E-state index in [0.29, 0.717) is 12.5 Å². The van der Waals surface area contributed by atoms with Gasteiger partial charge in [-0.05, 0) is 54.8 Å². The van der Waals surface area contributed by atoms with Crippen LogP contribution in [0.25, 0.3) is 0 Å². The van der Waals surface area contributed by atoms with Crippen LogP contribution < -0.4 is 21.1 Å². The van der Waals surface area contributed by atoms with Crippen molar-refractivity contribution in [1.82, 2.24) is 4.90 Å². The average Bonchev–Trinajstić information content (AvgIpc) is 3.22. The normalized spacial score (nSPS) is 13.6. The predicted octanol–water partition coefficient (Wildman–Crippen LogP) is 3.87. The second-order valence-electron chi connectivity index (χ2n) is 6.38. The third-order valence-corrected chi connectivity index (χ3v) is 4.37. The number of nitrogens with one attached hydrogen (secondary N) is 2. The van der Waals surface area contributed by atoms with E-state index in [0.717, 1.165) is 48.6 Å². The zero-order chi connectivity index (χ0) is 19.1. The van der Waals surface area contributed by atoms with Crippen LogP contribution in [0.2, 0.25) is 0 Å². The number of nitrogens with two attached hydrogens (primary N) is 1. The van der Waals surface area contributed by atoms with Crippen LogP contribution in [0.3, 0.4) is 0 Å². The summed E-state index contributed by atoms with van der Waals surface area (Å²) in [6, 6.07) is 15.0. The number of amides is 2. The summed E-state index contributed by atoms with van der Waals surface area (Å²) in [6.07, 6.45) is 2.14. The lowest BCUT2D eigenvalue weighted by Crippen LogP contribution is -2.32.